The largest absolute Gasteiger partial charge is 0.324 e. The van der Waals surface area contributed by atoms with Gasteiger partial charge < -0.3 is 15.5 Å². The molecule has 0 spiro atoms. The normalized spacial score (nSPS) is 16.6. The van der Waals surface area contributed by atoms with E-state index in [-0.39, 0.29) is 11.9 Å². The zero-order chi connectivity index (χ0) is 17.8. The third-order valence-corrected chi connectivity index (χ3v) is 4.45. The van der Waals surface area contributed by atoms with Gasteiger partial charge in [0.1, 0.15) is 6.04 Å². The summed E-state index contributed by atoms with van der Waals surface area (Å²) in [5.74, 6) is -0.221. The number of carbonyl (C=O) groups is 2. The molecule has 0 aliphatic carbocycles. The lowest BCUT2D eigenvalue weighted by Crippen LogP contribution is -2.45. The van der Waals surface area contributed by atoms with Crippen molar-refractivity contribution in [3.8, 4) is 0 Å². The van der Waals surface area contributed by atoms with Gasteiger partial charge in [-0.15, -0.1) is 0 Å². The van der Waals surface area contributed by atoms with Crippen LogP contribution in [0.25, 0.3) is 0 Å². The van der Waals surface area contributed by atoms with Gasteiger partial charge in [-0.25, -0.2) is 4.79 Å². The van der Waals surface area contributed by atoms with E-state index in [9.17, 15) is 9.59 Å². The number of halogens is 2. The summed E-state index contributed by atoms with van der Waals surface area (Å²) in [5, 5.41) is 6.68. The van der Waals surface area contributed by atoms with Gasteiger partial charge in [0.05, 0.1) is 0 Å². The number of rotatable bonds is 3. The number of nitrogens with zero attached hydrogens (tertiary/aromatic N) is 1. The lowest BCUT2D eigenvalue weighted by atomic mass is 10.2. The number of benzene rings is 2. The molecule has 25 heavy (non-hydrogen) atoms. The fourth-order valence-corrected chi connectivity index (χ4v) is 3.22. The van der Waals surface area contributed by atoms with Crippen molar-refractivity contribution >= 4 is 46.5 Å². The van der Waals surface area contributed by atoms with E-state index >= 15 is 0 Å². The minimum atomic E-state index is -0.516. The predicted molar refractivity (Wildman–Crippen MR) is 100 cm³/mol. The van der Waals surface area contributed by atoms with Crippen LogP contribution in [0.1, 0.15) is 12.8 Å². The SMILES string of the molecule is O=C(Nc1cccc(Cl)c1)[C@H]1CCCN1C(=O)Nc1cccc(Cl)c1. The fourth-order valence-electron chi connectivity index (χ4n) is 2.84. The molecule has 3 amide bonds. The Balaban J connectivity index is 1.67. The first kappa shape index (κ1) is 17.6. The van der Waals surface area contributed by atoms with Crippen molar-refractivity contribution in [2.45, 2.75) is 18.9 Å². The molecule has 5 nitrogen and oxygen atoms in total. The maximum absolute atomic E-state index is 12.6. The van der Waals surface area contributed by atoms with Gasteiger partial charge in [-0.2, -0.15) is 0 Å². The second-order valence-electron chi connectivity index (χ2n) is 5.79. The standard InChI is InChI=1S/C18H17Cl2N3O2/c19-12-4-1-6-14(10-12)21-17(24)16-8-3-9-23(16)18(25)22-15-7-2-5-13(20)11-15/h1-2,4-7,10-11,16H,3,8-9H2,(H,21,24)(H,22,25)/t16-/m1/s1. The molecule has 1 saturated heterocycles. The first-order chi connectivity index (χ1) is 12.0. The topological polar surface area (TPSA) is 61.4 Å². The number of hydrogen-bond donors (Lipinski definition) is 2. The van der Waals surface area contributed by atoms with Crippen LogP contribution in [0.3, 0.4) is 0 Å². The smallest absolute Gasteiger partial charge is 0.322 e. The van der Waals surface area contributed by atoms with E-state index in [2.05, 4.69) is 10.6 Å². The van der Waals surface area contributed by atoms with Crippen molar-refractivity contribution in [3.05, 3.63) is 58.6 Å². The summed E-state index contributed by atoms with van der Waals surface area (Å²) in [4.78, 5) is 26.6. The third kappa shape index (κ3) is 4.44. The molecule has 0 unspecified atom stereocenters. The molecular formula is C18H17Cl2N3O2. The summed E-state index contributed by atoms with van der Waals surface area (Å²) < 4.78 is 0. The van der Waals surface area contributed by atoms with E-state index in [1.54, 1.807) is 53.4 Å². The van der Waals surface area contributed by atoms with Crippen LogP contribution in [0.5, 0.6) is 0 Å². The second-order valence-corrected chi connectivity index (χ2v) is 6.66. The van der Waals surface area contributed by atoms with E-state index in [1.807, 2.05) is 0 Å². The Morgan fingerprint density at radius 3 is 2.16 bits per heavy atom. The van der Waals surface area contributed by atoms with Crippen molar-refractivity contribution in [1.82, 2.24) is 4.90 Å². The number of amides is 3. The maximum atomic E-state index is 12.6. The van der Waals surface area contributed by atoms with Crippen LogP contribution in [-0.4, -0.2) is 29.4 Å². The van der Waals surface area contributed by atoms with Crippen LogP contribution in [0, 0.1) is 0 Å². The average molecular weight is 378 g/mol. The highest BCUT2D eigenvalue weighted by molar-refractivity contribution is 6.31. The van der Waals surface area contributed by atoms with Crippen LogP contribution in [0.15, 0.2) is 48.5 Å². The summed E-state index contributed by atoms with van der Waals surface area (Å²) >= 11 is 11.9. The summed E-state index contributed by atoms with van der Waals surface area (Å²) in [6.07, 6.45) is 1.39. The summed E-state index contributed by atoms with van der Waals surface area (Å²) in [6, 6.07) is 13.0. The van der Waals surface area contributed by atoms with Crippen LogP contribution < -0.4 is 10.6 Å². The Labute approximate surface area is 155 Å². The van der Waals surface area contributed by atoms with E-state index < -0.39 is 6.04 Å². The molecule has 1 heterocycles. The Bertz CT molecular complexity index is 732. The molecule has 1 aliphatic rings. The van der Waals surface area contributed by atoms with E-state index in [0.717, 1.165) is 6.42 Å². The molecular weight excluding hydrogens is 361 g/mol. The van der Waals surface area contributed by atoms with Crippen molar-refractivity contribution in [2.24, 2.45) is 0 Å². The monoisotopic (exact) mass is 377 g/mol. The van der Waals surface area contributed by atoms with E-state index in [4.69, 9.17) is 23.2 Å². The Morgan fingerprint density at radius 2 is 1.56 bits per heavy atom. The molecule has 7 heteroatoms. The minimum absolute atomic E-state index is 0.221. The van der Waals surface area contributed by atoms with Crippen molar-refractivity contribution in [1.29, 1.82) is 0 Å². The minimum Gasteiger partial charge on any atom is -0.324 e. The molecule has 3 rings (SSSR count). The fraction of sp³-hybridized carbons (Fsp3) is 0.222. The van der Waals surface area contributed by atoms with Crippen molar-refractivity contribution in [3.63, 3.8) is 0 Å². The van der Waals surface area contributed by atoms with Crippen LogP contribution >= 0.6 is 23.2 Å². The van der Waals surface area contributed by atoms with Gasteiger partial charge in [0.15, 0.2) is 0 Å². The molecule has 2 aromatic carbocycles. The van der Waals surface area contributed by atoms with Gasteiger partial charge in [-0.3, -0.25) is 4.79 Å². The Morgan fingerprint density at radius 1 is 0.960 bits per heavy atom. The average Bonchev–Trinajstić information content (AvgIpc) is 3.04. The van der Waals surface area contributed by atoms with Gasteiger partial charge in [-0.1, -0.05) is 35.3 Å². The molecule has 130 valence electrons. The van der Waals surface area contributed by atoms with Crippen molar-refractivity contribution < 1.29 is 9.59 Å². The predicted octanol–water partition coefficient (Wildman–Crippen LogP) is 4.63. The van der Waals surface area contributed by atoms with Crippen LogP contribution in [0.4, 0.5) is 16.2 Å². The van der Waals surface area contributed by atoms with Gasteiger partial charge in [0.2, 0.25) is 5.91 Å². The van der Waals surface area contributed by atoms with E-state index in [1.165, 1.54) is 0 Å². The number of nitrogens with one attached hydrogen (secondary N) is 2. The molecule has 1 aliphatic heterocycles. The van der Waals surface area contributed by atoms with Gasteiger partial charge in [0, 0.05) is 28.0 Å². The number of anilines is 2. The summed E-state index contributed by atoms with van der Waals surface area (Å²) in [7, 11) is 0. The highest BCUT2D eigenvalue weighted by Gasteiger charge is 2.34. The quantitative estimate of drug-likeness (QED) is 0.818. The molecule has 2 aromatic rings. The number of carbonyl (C=O) groups excluding carboxylic acids is 2. The zero-order valence-corrected chi connectivity index (χ0v) is 14.8. The lowest BCUT2D eigenvalue weighted by Gasteiger charge is -2.24. The molecule has 0 bridgehead atoms. The highest BCUT2D eigenvalue weighted by Crippen LogP contribution is 2.22. The zero-order valence-electron chi connectivity index (χ0n) is 13.3. The molecule has 0 radical (unpaired) electrons. The molecule has 1 fully saturated rings. The first-order valence-corrected chi connectivity index (χ1v) is 8.68. The van der Waals surface area contributed by atoms with Gasteiger partial charge in [-0.05, 0) is 49.2 Å². The van der Waals surface area contributed by atoms with Crippen molar-refractivity contribution in [2.75, 3.05) is 17.2 Å². The maximum Gasteiger partial charge on any atom is 0.322 e. The lowest BCUT2D eigenvalue weighted by molar-refractivity contribution is -0.119. The summed E-state index contributed by atoms with van der Waals surface area (Å²) in [6.45, 7) is 0.528. The number of likely N-dealkylation sites (tertiary alicyclic amines) is 1. The first-order valence-electron chi connectivity index (χ1n) is 7.92. The van der Waals surface area contributed by atoms with Crippen LogP contribution in [0.2, 0.25) is 10.0 Å². The molecule has 2 N–H and O–H groups in total. The summed E-state index contributed by atoms with van der Waals surface area (Å²) in [5.41, 5.74) is 1.21. The van der Waals surface area contributed by atoms with Gasteiger partial charge >= 0.3 is 6.03 Å². The van der Waals surface area contributed by atoms with Gasteiger partial charge in [0.25, 0.3) is 0 Å². The van der Waals surface area contributed by atoms with E-state index in [0.29, 0.717) is 34.4 Å². The second kappa shape index (κ2) is 7.76. The molecule has 0 saturated carbocycles. The third-order valence-electron chi connectivity index (χ3n) is 3.98. The molecule has 0 aromatic heterocycles. The number of urea groups is 1. The Kier molecular flexibility index (Phi) is 5.46. The highest BCUT2D eigenvalue weighted by atomic mass is 35.5. The number of hydrogen-bond acceptors (Lipinski definition) is 2. The Hall–Kier alpha value is -2.24. The van der Waals surface area contributed by atoms with Crippen LogP contribution in [-0.2, 0) is 4.79 Å². The molecule has 1 atom stereocenters.